The summed E-state index contributed by atoms with van der Waals surface area (Å²) < 4.78 is 0. The Hall–Kier alpha value is -2.23. The number of fused-ring (bicyclic) bond motifs is 3. The minimum Gasteiger partial charge on any atom is -0.339 e. The Morgan fingerprint density at radius 2 is 2.00 bits per heavy atom. The van der Waals surface area contributed by atoms with E-state index >= 15 is 0 Å². The Labute approximate surface area is 104 Å². The Bertz CT molecular complexity index is 787. The topological polar surface area (TPSA) is 58.1 Å². The second-order valence-corrected chi connectivity index (χ2v) is 4.71. The average Bonchev–Trinajstić information content (AvgIpc) is 2.73. The largest absolute Gasteiger partial charge is 0.339 e. The number of pyridine rings is 1. The van der Waals surface area contributed by atoms with Crippen LogP contribution in [0.1, 0.15) is 16.7 Å². The number of nitrogens with zero attached hydrogens (tertiary/aromatic N) is 2. The molecule has 3 aromatic rings. The summed E-state index contributed by atoms with van der Waals surface area (Å²) in [6.45, 7) is 6.00. The molecule has 0 atom stereocenters. The van der Waals surface area contributed by atoms with E-state index in [-0.39, 0.29) is 0 Å². The van der Waals surface area contributed by atoms with Crippen molar-refractivity contribution in [3.63, 3.8) is 0 Å². The number of hydrogen-bond donors (Lipinski definition) is 1. The average molecular weight is 239 g/mol. The van der Waals surface area contributed by atoms with Crippen molar-refractivity contribution in [2.24, 2.45) is 5.18 Å². The molecule has 3 rings (SSSR count). The van der Waals surface area contributed by atoms with E-state index < -0.39 is 0 Å². The van der Waals surface area contributed by atoms with Gasteiger partial charge in [-0.05, 0) is 54.8 Å². The number of nitroso groups, excluding NO2 is 1. The van der Waals surface area contributed by atoms with Gasteiger partial charge in [0.25, 0.3) is 0 Å². The Morgan fingerprint density at radius 1 is 1.22 bits per heavy atom. The van der Waals surface area contributed by atoms with Crippen LogP contribution in [0.15, 0.2) is 23.5 Å². The molecule has 0 fully saturated rings. The van der Waals surface area contributed by atoms with Crippen molar-refractivity contribution in [3.05, 3.63) is 39.9 Å². The van der Waals surface area contributed by atoms with Crippen LogP contribution in [0.5, 0.6) is 0 Å². The molecule has 90 valence electrons. The van der Waals surface area contributed by atoms with Gasteiger partial charge in [-0.1, -0.05) is 0 Å². The van der Waals surface area contributed by atoms with E-state index in [0.29, 0.717) is 5.69 Å². The molecular formula is C14H13N3O. The molecule has 0 amide bonds. The van der Waals surface area contributed by atoms with Crippen LogP contribution in [-0.4, -0.2) is 9.97 Å². The monoisotopic (exact) mass is 239 g/mol. The minimum absolute atomic E-state index is 0.478. The van der Waals surface area contributed by atoms with Gasteiger partial charge in [0.15, 0.2) is 0 Å². The van der Waals surface area contributed by atoms with Crippen LogP contribution in [-0.2, 0) is 0 Å². The number of H-pyrrole nitrogens is 1. The lowest BCUT2D eigenvalue weighted by Crippen LogP contribution is -1.83. The van der Waals surface area contributed by atoms with E-state index in [4.69, 9.17) is 0 Å². The normalized spacial score (nSPS) is 11.3. The first kappa shape index (κ1) is 10.9. The maximum absolute atomic E-state index is 11.0. The van der Waals surface area contributed by atoms with Gasteiger partial charge < -0.3 is 4.98 Å². The van der Waals surface area contributed by atoms with Crippen LogP contribution in [0.25, 0.3) is 21.9 Å². The predicted molar refractivity (Wildman–Crippen MR) is 73.3 cm³/mol. The van der Waals surface area contributed by atoms with E-state index in [9.17, 15) is 4.91 Å². The van der Waals surface area contributed by atoms with E-state index in [1.165, 1.54) is 0 Å². The summed E-state index contributed by atoms with van der Waals surface area (Å²) in [5, 5.41) is 4.99. The molecule has 0 spiro atoms. The lowest BCUT2D eigenvalue weighted by molar-refractivity contribution is 1.29. The number of rotatable bonds is 1. The smallest absolute Gasteiger partial charge is 0.138 e. The van der Waals surface area contributed by atoms with Crippen molar-refractivity contribution >= 4 is 27.6 Å². The Morgan fingerprint density at radius 3 is 2.72 bits per heavy atom. The van der Waals surface area contributed by atoms with Crippen molar-refractivity contribution in [2.45, 2.75) is 20.8 Å². The van der Waals surface area contributed by atoms with Crippen LogP contribution in [0.2, 0.25) is 0 Å². The molecule has 0 aliphatic carbocycles. The molecule has 0 bridgehead atoms. The molecule has 0 saturated heterocycles. The van der Waals surface area contributed by atoms with Gasteiger partial charge in [0.2, 0.25) is 0 Å². The van der Waals surface area contributed by atoms with Crippen molar-refractivity contribution in [1.29, 1.82) is 0 Å². The summed E-state index contributed by atoms with van der Waals surface area (Å²) in [5.41, 5.74) is 5.49. The molecule has 0 aliphatic rings. The molecule has 0 saturated carbocycles. The zero-order chi connectivity index (χ0) is 12.9. The van der Waals surface area contributed by atoms with Gasteiger partial charge in [0.1, 0.15) is 11.3 Å². The molecular weight excluding hydrogens is 226 g/mol. The van der Waals surface area contributed by atoms with Crippen LogP contribution in [0, 0.1) is 25.7 Å². The SMILES string of the molecule is Cc1cnc2[nH]c3c(C)c(C)cc(N=O)c3c2c1. The summed E-state index contributed by atoms with van der Waals surface area (Å²) in [7, 11) is 0. The Balaban J connectivity index is 2.62. The molecule has 1 aromatic carbocycles. The molecule has 0 aliphatic heterocycles. The lowest BCUT2D eigenvalue weighted by Gasteiger charge is -2.03. The van der Waals surface area contributed by atoms with Crippen molar-refractivity contribution in [2.75, 3.05) is 0 Å². The van der Waals surface area contributed by atoms with Crippen LogP contribution < -0.4 is 0 Å². The van der Waals surface area contributed by atoms with E-state index in [1.54, 1.807) is 0 Å². The quantitative estimate of drug-likeness (QED) is 0.651. The van der Waals surface area contributed by atoms with Crippen LogP contribution in [0.4, 0.5) is 5.69 Å². The predicted octanol–water partition coefficient (Wildman–Crippen LogP) is 4.04. The third-order valence-electron chi connectivity index (χ3n) is 3.46. The van der Waals surface area contributed by atoms with Gasteiger partial charge in [0, 0.05) is 17.0 Å². The summed E-state index contributed by atoms with van der Waals surface area (Å²) in [6, 6.07) is 3.87. The van der Waals surface area contributed by atoms with Gasteiger partial charge in [-0.2, -0.15) is 0 Å². The molecule has 0 unspecified atom stereocenters. The first-order chi connectivity index (χ1) is 8.61. The van der Waals surface area contributed by atoms with Gasteiger partial charge in [-0.3, -0.25) is 0 Å². The van der Waals surface area contributed by atoms with Crippen LogP contribution in [0.3, 0.4) is 0 Å². The number of hydrogen-bond acceptors (Lipinski definition) is 3. The number of nitrogens with one attached hydrogen (secondary N) is 1. The fraction of sp³-hybridized carbons (Fsp3) is 0.214. The summed E-state index contributed by atoms with van der Waals surface area (Å²) in [5.74, 6) is 0. The second kappa shape index (κ2) is 3.63. The zero-order valence-electron chi connectivity index (χ0n) is 10.5. The van der Waals surface area contributed by atoms with E-state index in [0.717, 1.165) is 38.6 Å². The zero-order valence-corrected chi connectivity index (χ0v) is 10.5. The van der Waals surface area contributed by atoms with Gasteiger partial charge in [0.05, 0.1) is 5.52 Å². The fourth-order valence-electron chi connectivity index (χ4n) is 2.38. The molecule has 2 heterocycles. The highest BCUT2D eigenvalue weighted by atomic mass is 16.3. The number of benzene rings is 1. The third kappa shape index (κ3) is 1.35. The summed E-state index contributed by atoms with van der Waals surface area (Å²) in [6.07, 6.45) is 1.81. The van der Waals surface area contributed by atoms with Gasteiger partial charge in [-0.15, -0.1) is 4.91 Å². The highest BCUT2D eigenvalue weighted by molar-refractivity contribution is 6.13. The number of aromatic amines is 1. The molecule has 2 aromatic heterocycles. The minimum atomic E-state index is 0.478. The highest BCUT2D eigenvalue weighted by Gasteiger charge is 2.14. The standard InChI is InChI=1S/C14H13N3O/c1-7-4-10-12-11(17-18)5-8(2)9(3)13(12)16-14(10)15-6-7/h4-6H,1-3H3,(H,15,16). The van der Waals surface area contributed by atoms with Crippen molar-refractivity contribution < 1.29 is 0 Å². The maximum Gasteiger partial charge on any atom is 0.138 e. The number of aromatic nitrogens is 2. The molecule has 4 heteroatoms. The van der Waals surface area contributed by atoms with Gasteiger partial charge >= 0.3 is 0 Å². The third-order valence-corrected chi connectivity index (χ3v) is 3.46. The molecule has 1 N–H and O–H groups in total. The first-order valence-electron chi connectivity index (χ1n) is 5.83. The van der Waals surface area contributed by atoms with E-state index in [2.05, 4.69) is 15.1 Å². The van der Waals surface area contributed by atoms with Crippen molar-refractivity contribution in [1.82, 2.24) is 9.97 Å². The summed E-state index contributed by atoms with van der Waals surface area (Å²) in [4.78, 5) is 18.7. The molecule has 4 nitrogen and oxygen atoms in total. The first-order valence-corrected chi connectivity index (χ1v) is 5.83. The Kier molecular flexibility index (Phi) is 2.20. The second-order valence-electron chi connectivity index (χ2n) is 4.71. The van der Waals surface area contributed by atoms with Gasteiger partial charge in [-0.25, -0.2) is 4.98 Å². The highest BCUT2D eigenvalue weighted by Crippen LogP contribution is 2.36. The summed E-state index contributed by atoms with van der Waals surface area (Å²) >= 11 is 0. The molecule has 18 heavy (non-hydrogen) atoms. The van der Waals surface area contributed by atoms with Crippen molar-refractivity contribution in [3.8, 4) is 0 Å². The van der Waals surface area contributed by atoms with Crippen LogP contribution >= 0.6 is 0 Å². The maximum atomic E-state index is 11.0. The lowest BCUT2D eigenvalue weighted by atomic mass is 10.0. The fourth-order valence-corrected chi connectivity index (χ4v) is 2.38. The van der Waals surface area contributed by atoms with E-state index in [1.807, 2.05) is 39.1 Å². The number of aryl methyl sites for hydroxylation is 3. The molecule has 0 radical (unpaired) electrons.